The van der Waals surface area contributed by atoms with Crippen LogP contribution in [0.25, 0.3) is 17.0 Å². The molecule has 0 unspecified atom stereocenters. The average molecular weight is 454 g/mol. The summed E-state index contributed by atoms with van der Waals surface area (Å²) >= 11 is 0. The van der Waals surface area contributed by atoms with Gasteiger partial charge in [-0.05, 0) is 42.8 Å². The van der Waals surface area contributed by atoms with Crippen molar-refractivity contribution in [3.63, 3.8) is 0 Å². The number of hydrogen-bond acceptors (Lipinski definition) is 3. The zero-order chi connectivity index (χ0) is 24.1. The van der Waals surface area contributed by atoms with Crippen molar-refractivity contribution in [1.82, 2.24) is 9.88 Å². The van der Waals surface area contributed by atoms with Gasteiger partial charge in [0.05, 0.1) is 13.7 Å². The van der Waals surface area contributed by atoms with Gasteiger partial charge >= 0.3 is 0 Å². The van der Waals surface area contributed by atoms with E-state index in [4.69, 9.17) is 4.74 Å². The Morgan fingerprint density at radius 3 is 2.50 bits per heavy atom. The second-order valence-electron chi connectivity index (χ2n) is 7.89. The maximum absolute atomic E-state index is 14.3. The van der Waals surface area contributed by atoms with Gasteiger partial charge in [-0.1, -0.05) is 48.5 Å². The highest BCUT2D eigenvalue weighted by molar-refractivity contribution is 6.04. The largest absolute Gasteiger partial charge is 0.497 e. The van der Waals surface area contributed by atoms with Crippen LogP contribution < -0.4 is 10.1 Å². The fourth-order valence-corrected chi connectivity index (χ4v) is 3.95. The molecule has 0 atom stereocenters. The van der Waals surface area contributed by atoms with Crippen molar-refractivity contribution in [2.75, 3.05) is 7.11 Å². The van der Waals surface area contributed by atoms with Gasteiger partial charge in [0.15, 0.2) is 0 Å². The molecule has 1 aromatic heterocycles. The Bertz CT molecular complexity index is 1410. The molecule has 0 bridgehead atoms. The van der Waals surface area contributed by atoms with Gasteiger partial charge in [0, 0.05) is 34.3 Å². The lowest BCUT2D eigenvalue weighted by atomic mass is 10.1. The fraction of sp³-hybridized carbons (Fsp3) is 0.143. The summed E-state index contributed by atoms with van der Waals surface area (Å²) in [6, 6.07) is 23.8. The van der Waals surface area contributed by atoms with Crippen LogP contribution in [0.1, 0.15) is 22.4 Å². The summed E-state index contributed by atoms with van der Waals surface area (Å²) in [5.41, 5.74) is 3.99. The average Bonchev–Trinajstić information content (AvgIpc) is 3.13. The Labute approximate surface area is 197 Å². The number of hydrogen-bond donors (Lipinski definition) is 1. The highest BCUT2D eigenvalue weighted by Crippen LogP contribution is 2.29. The lowest BCUT2D eigenvalue weighted by Gasteiger charge is -2.09. The lowest BCUT2D eigenvalue weighted by molar-refractivity contribution is -0.117. The molecule has 0 radical (unpaired) electrons. The third-order valence-corrected chi connectivity index (χ3v) is 5.83. The van der Waals surface area contributed by atoms with E-state index in [0.29, 0.717) is 12.1 Å². The maximum Gasteiger partial charge on any atom is 0.262 e. The molecule has 0 aliphatic rings. The monoisotopic (exact) mass is 453 g/mol. The summed E-state index contributed by atoms with van der Waals surface area (Å²) < 4.78 is 21.5. The SMILES string of the molecule is COc1ccc(CNC(=O)/C(C#N)=C\c2c(C)n(Cc3ccccc3F)c3ccccc23)cc1. The third-order valence-electron chi connectivity index (χ3n) is 5.83. The molecule has 3 aromatic carbocycles. The van der Waals surface area contributed by atoms with Gasteiger partial charge in [0.1, 0.15) is 23.2 Å². The Morgan fingerprint density at radius 1 is 1.09 bits per heavy atom. The topological polar surface area (TPSA) is 67.0 Å². The zero-order valence-corrected chi connectivity index (χ0v) is 19.0. The minimum atomic E-state index is -0.455. The van der Waals surface area contributed by atoms with Crippen molar-refractivity contribution in [1.29, 1.82) is 5.26 Å². The van der Waals surface area contributed by atoms with Crippen molar-refractivity contribution in [3.05, 3.63) is 107 Å². The Balaban J connectivity index is 1.64. The van der Waals surface area contributed by atoms with Gasteiger partial charge in [-0.3, -0.25) is 4.79 Å². The van der Waals surface area contributed by atoms with Crippen molar-refractivity contribution >= 4 is 22.9 Å². The molecular weight excluding hydrogens is 429 g/mol. The van der Waals surface area contributed by atoms with Gasteiger partial charge in [-0.2, -0.15) is 5.26 Å². The molecule has 0 spiro atoms. The summed E-state index contributed by atoms with van der Waals surface area (Å²) in [5, 5.41) is 13.4. The van der Waals surface area contributed by atoms with E-state index >= 15 is 0 Å². The summed E-state index contributed by atoms with van der Waals surface area (Å²) in [7, 11) is 1.59. The minimum Gasteiger partial charge on any atom is -0.497 e. The van der Waals surface area contributed by atoms with Gasteiger partial charge in [-0.15, -0.1) is 0 Å². The van der Waals surface area contributed by atoms with Crippen LogP contribution in [0.5, 0.6) is 5.75 Å². The second kappa shape index (κ2) is 10.1. The predicted molar refractivity (Wildman–Crippen MR) is 131 cm³/mol. The molecule has 1 N–H and O–H groups in total. The van der Waals surface area contributed by atoms with Crippen molar-refractivity contribution in [2.45, 2.75) is 20.0 Å². The highest BCUT2D eigenvalue weighted by atomic mass is 19.1. The molecule has 5 nitrogen and oxygen atoms in total. The van der Waals surface area contributed by atoms with Crippen LogP contribution >= 0.6 is 0 Å². The molecule has 4 rings (SSSR count). The molecule has 0 saturated heterocycles. The molecule has 0 fully saturated rings. The molecule has 6 heteroatoms. The molecule has 1 amide bonds. The molecule has 0 aliphatic carbocycles. The van der Waals surface area contributed by atoms with Gasteiger partial charge in [-0.25, -0.2) is 4.39 Å². The Kier molecular flexibility index (Phi) is 6.74. The van der Waals surface area contributed by atoms with Gasteiger partial charge in [0.2, 0.25) is 0 Å². The number of nitrogens with zero attached hydrogens (tertiary/aromatic N) is 2. The minimum absolute atomic E-state index is 0.00501. The lowest BCUT2D eigenvalue weighted by Crippen LogP contribution is -2.23. The number of nitrogens with one attached hydrogen (secondary N) is 1. The molecule has 0 saturated carbocycles. The number of benzene rings is 3. The smallest absolute Gasteiger partial charge is 0.262 e. The zero-order valence-electron chi connectivity index (χ0n) is 19.0. The molecule has 34 heavy (non-hydrogen) atoms. The standard InChI is InChI=1S/C28H24FN3O2/c1-19-25(15-22(16-30)28(33)31-17-20-11-13-23(34-2)14-12-20)24-8-4-6-10-27(24)32(19)18-21-7-3-5-9-26(21)29/h3-15H,17-18H2,1-2H3,(H,31,33)/b22-15-. The first-order chi connectivity index (χ1) is 16.5. The maximum atomic E-state index is 14.3. The fourth-order valence-electron chi connectivity index (χ4n) is 3.95. The number of methoxy groups -OCH3 is 1. The summed E-state index contributed by atoms with van der Waals surface area (Å²) in [4.78, 5) is 12.8. The van der Waals surface area contributed by atoms with Crippen LogP contribution in [0.3, 0.4) is 0 Å². The van der Waals surface area contributed by atoms with E-state index in [1.165, 1.54) is 6.07 Å². The number of fused-ring (bicyclic) bond motifs is 1. The second-order valence-corrected chi connectivity index (χ2v) is 7.89. The summed E-state index contributed by atoms with van der Waals surface area (Å²) in [5.74, 6) is 0.00554. The van der Waals surface area contributed by atoms with Gasteiger partial charge < -0.3 is 14.6 Å². The number of halogens is 1. The molecule has 0 aliphatic heterocycles. The van der Waals surface area contributed by atoms with Crippen LogP contribution in [0.15, 0.2) is 78.4 Å². The van der Waals surface area contributed by atoms with Crippen LogP contribution in [-0.2, 0) is 17.9 Å². The molecular formula is C28H24FN3O2. The number of rotatable bonds is 7. The first kappa shape index (κ1) is 22.8. The highest BCUT2D eigenvalue weighted by Gasteiger charge is 2.17. The van der Waals surface area contributed by atoms with E-state index in [1.807, 2.05) is 66.1 Å². The Morgan fingerprint density at radius 2 is 1.79 bits per heavy atom. The van der Waals surface area contributed by atoms with E-state index in [2.05, 4.69) is 5.32 Å². The van der Waals surface area contributed by atoms with E-state index in [0.717, 1.165) is 33.5 Å². The molecule has 4 aromatic rings. The number of aromatic nitrogens is 1. The third kappa shape index (κ3) is 4.69. The van der Waals surface area contributed by atoms with Crippen LogP contribution in [-0.4, -0.2) is 17.6 Å². The number of nitriles is 1. The van der Waals surface area contributed by atoms with E-state index in [1.54, 1.807) is 31.4 Å². The van der Waals surface area contributed by atoms with Crippen LogP contribution in [0, 0.1) is 24.1 Å². The number of carbonyl (C=O) groups is 1. The summed E-state index contributed by atoms with van der Waals surface area (Å²) in [6.45, 7) is 2.55. The number of amides is 1. The van der Waals surface area contributed by atoms with E-state index in [9.17, 15) is 14.4 Å². The summed E-state index contributed by atoms with van der Waals surface area (Å²) in [6.07, 6.45) is 1.61. The van der Waals surface area contributed by atoms with Crippen LogP contribution in [0.2, 0.25) is 0 Å². The van der Waals surface area contributed by atoms with Crippen molar-refractivity contribution < 1.29 is 13.9 Å². The number of ether oxygens (including phenoxy) is 1. The van der Waals surface area contributed by atoms with Gasteiger partial charge in [0.25, 0.3) is 5.91 Å². The number of carbonyl (C=O) groups excluding carboxylic acids is 1. The first-order valence-corrected chi connectivity index (χ1v) is 10.9. The quantitative estimate of drug-likeness (QED) is 0.302. The van der Waals surface area contributed by atoms with E-state index in [-0.39, 0.29) is 17.9 Å². The normalized spacial score (nSPS) is 11.3. The van der Waals surface area contributed by atoms with Crippen LogP contribution in [0.4, 0.5) is 4.39 Å². The molecule has 1 heterocycles. The van der Waals surface area contributed by atoms with E-state index < -0.39 is 5.91 Å². The first-order valence-electron chi connectivity index (χ1n) is 10.9. The van der Waals surface area contributed by atoms with Crippen molar-refractivity contribution in [2.24, 2.45) is 0 Å². The van der Waals surface area contributed by atoms with Crippen molar-refractivity contribution in [3.8, 4) is 11.8 Å². The number of para-hydroxylation sites is 1. The molecule has 170 valence electrons. The Hall–Kier alpha value is -4.37. The predicted octanol–water partition coefficient (Wildman–Crippen LogP) is 5.37.